The van der Waals surface area contributed by atoms with E-state index in [1.807, 2.05) is 35.9 Å². The molecule has 0 radical (unpaired) electrons. The van der Waals surface area contributed by atoms with E-state index in [4.69, 9.17) is 9.47 Å². The Kier molecular flexibility index (Phi) is 8.60. The first-order valence-corrected chi connectivity index (χ1v) is 8.99. The average molecular weight is 344 g/mol. The van der Waals surface area contributed by atoms with Crippen molar-refractivity contribution in [2.45, 2.75) is 13.3 Å². The molecule has 130 valence electrons. The van der Waals surface area contributed by atoms with Crippen LogP contribution in [0.1, 0.15) is 11.1 Å². The summed E-state index contributed by atoms with van der Waals surface area (Å²) in [6, 6.07) is 7.19. The molecule has 1 aromatic carbocycles. The first-order chi connectivity index (χ1) is 10.9. The number of benzene rings is 1. The number of amides is 2. The summed E-state index contributed by atoms with van der Waals surface area (Å²) in [6.45, 7) is 3.07. The molecule has 0 saturated heterocycles. The standard InChI is InChI=1S/C15H24N2O5S/c1-13-4-3-5-14(12-13)6-7-16-15(18)17-23(19,20)11-10-22-9-8-21-2/h3-5,12H,6-11H2,1-2H3,(H2,16,17,18). The van der Waals surface area contributed by atoms with E-state index in [1.54, 1.807) is 0 Å². The Hall–Kier alpha value is -1.64. The summed E-state index contributed by atoms with van der Waals surface area (Å²) < 4.78 is 35.1. The minimum atomic E-state index is -3.70. The molecule has 7 nitrogen and oxygen atoms in total. The van der Waals surface area contributed by atoms with Gasteiger partial charge in [-0.25, -0.2) is 17.9 Å². The van der Waals surface area contributed by atoms with Gasteiger partial charge in [0.05, 0.1) is 25.6 Å². The van der Waals surface area contributed by atoms with Crippen LogP contribution in [0.5, 0.6) is 0 Å². The van der Waals surface area contributed by atoms with Crippen molar-refractivity contribution in [3.05, 3.63) is 35.4 Å². The Morgan fingerprint density at radius 2 is 2.00 bits per heavy atom. The fraction of sp³-hybridized carbons (Fsp3) is 0.533. The molecule has 0 bridgehead atoms. The van der Waals surface area contributed by atoms with Gasteiger partial charge in [0.15, 0.2) is 0 Å². The normalized spacial score (nSPS) is 11.2. The number of aryl methyl sites for hydroxylation is 1. The lowest BCUT2D eigenvalue weighted by molar-refractivity contribution is 0.0784. The van der Waals surface area contributed by atoms with Crippen molar-refractivity contribution in [3.8, 4) is 0 Å². The molecule has 0 aromatic heterocycles. The maximum absolute atomic E-state index is 11.7. The van der Waals surface area contributed by atoms with Gasteiger partial charge in [0.1, 0.15) is 0 Å². The first kappa shape index (κ1) is 19.4. The van der Waals surface area contributed by atoms with E-state index in [1.165, 1.54) is 7.11 Å². The zero-order valence-corrected chi connectivity index (χ0v) is 14.3. The number of carbonyl (C=O) groups is 1. The number of urea groups is 1. The van der Waals surface area contributed by atoms with Gasteiger partial charge in [0, 0.05) is 13.7 Å². The second-order valence-corrected chi connectivity index (χ2v) is 6.86. The molecule has 0 aliphatic heterocycles. The number of nitrogens with one attached hydrogen (secondary N) is 2. The number of methoxy groups -OCH3 is 1. The number of hydrogen-bond acceptors (Lipinski definition) is 5. The van der Waals surface area contributed by atoms with Crippen LogP contribution in [0.3, 0.4) is 0 Å². The molecular formula is C15H24N2O5S. The predicted molar refractivity (Wildman–Crippen MR) is 87.9 cm³/mol. The maximum Gasteiger partial charge on any atom is 0.328 e. The maximum atomic E-state index is 11.7. The SMILES string of the molecule is COCCOCCS(=O)(=O)NC(=O)NCCc1cccc(C)c1. The van der Waals surface area contributed by atoms with Crippen LogP contribution in [0.25, 0.3) is 0 Å². The first-order valence-electron chi connectivity index (χ1n) is 7.33. The summed E-state index contributed by atoms with van der Waals surface area (Å²) in [7, 11) is -2.17. The Morgan fingerprint density at radius 3 is 2.70 bits per heavy atom. The lowest BCUT2D eigenvalue weighted by Crippen LogP contribution is -2.41. The highest BCUT2D eigenvalue weighted by Gasteiger charge is 2.13. The Labute approximate surface area is 137 Å². The predicted octanol–water partition coefficient (Wildman–Crippen LogP) is 0.830. The van der Waals surface area contributed by atoms with Crippen LogP contribution in [0.15, 0.2) is 24.3 Å². The highest BCUT2D eigenvalue weighted by molar-refractivity contribution is 7.90. The van der Waals surface area contributed by atoms with E-state index in [9.17, 15) is 13.2 Å². The molecule has 0 atom stereocenters. The fourth-order valence-corrected chi connectivity index (χ4v) is 2.62. The molecule has 2 N–H and O–H groups in total. The minimum Gasteiger partial charge on any atom is -0.382 e. The number of carbonyl (C=O) groups excluding carboxylic acids is 1. The number of hydrogen-bond donors (Lipinski definition) is 2. The molecular weight excluding hydrogens is 320 g/mol. The molecule has 0 aliphatic rings. The van der Waals surface area contributed by atoms with Gasteiger partial charge >= 0.3 is 6.03 Å². The summed E-state index contributed by atoms with van der Waals surface area (Å²) in [5.74, 6) is -0.276. The fourth-order valence-electron chi connectivity index (χ4n) is 1.83. The van der Waals surface area contributed by atoms with E-state index >= 15 is 0 Å². The van der Waals surface area contributed by atoms with E-state index in [2.05, 4.69) is 5.32 Å². The van der Waals surface area contributed by atoms with Crippen molar-refractivity contribution >= 4 is 16.1 Å². The third kappa shape index (κ3) is 9.17. The number of ether oxygens (including phenoxy) is 2. The van der Waals surface area contributed by atoms with E-state index < -0.39 is 16.1 Å². The Bertz CT molecular complexity index is 589. The highest BCUT2D eigenvalue weighted by atomic mass is 32.2. The molecule has 8 heteroatoms. The molecule has 0 aliphatic carbocycles. The van der Waals surface area contributed by atoms with Crippen LogP contribution in [-0.2, 0) is 25.9 Å². The lowest BCUT2D eigenvalue weighted by atomic mass is 10.1. The lowest BCUT2D eigenvalue weighted by Gasteiger charge is -2.09. The van der Waals surface area contributed by atoms with Crippen molar-refractivity contribution < 1.29 is 22.7 Å². The van der Waals surface area contributed by atoms with Crippen LogP contribution in [0.4, 0.5) is 4.79 Å². The van der Waals surface area contributed by atoms with Crippen LogP contribution < -0.4 is 10.0 Å². The third-order valence-corrected chi connectivity index (χ3v) is 4.16. The summed E-state index contributed by atoms with van der Waals surface area (Å²) in [4.78, 5) is 11.6. The van der Waals surface area contributed by atoms with Gasteiger partial charge in [-0.1, -0.05) is 29.8 Å². The van der Waals surface area contributed by atoms with E-state index in [0.717, 1.165) is 11.1 Å². The van der Waals surface area contributed by atoms with Gasteiger partial charge < -0.3 is 14.8 Å². The average Bonchev–Trinajstić information content (AvgIpc) is 2.46. The monoisotopic (exact) mass is 344 g/mol. The quantitative estimate of drug-likeness (QED) is 0.613. The number of sulfonamides is 1. The van der Waals surface area contributed by atoms with Crippen LogP contribution in [0, 0.1) is 6.92 Å². The van der Waals surface area contributed by atoms with Crippen molar-refractivity contribution in [1.29, 1.82) is 0 Å². The van der Waals surface area contributed by atoms with Crippen LogP contribution >= 0.6 is 0 Å². The van der Waals surface area contributed by atoms with Crippen molar-refractivity contribution in [1.82, 2.24) is 10.0 Å². The molecule has 0 heterocycles. The zero-order chi connectivity index (χ0) is 17.1. The minimum absolute atomic E-state index is 0.00919. The molecule has 0 unspecified atom stereocenters. The topological polar surface area (TPSA) is 93.7 Å². The molecule has 0 fully saturated rings. The summed E-state index contributed by atoms with van der Waals surface area (Å²) >= 11 is 0. The molecule has 0 saturated carbocycles. The molecule has 1 rings (SSSR count). The smallest absolute Gasteiger partial charge is 0.328 e. The van der Waals surface area contributed by atoms with Gasteiger partial charge in [-0.05, 0) is 18.9 Å². The Balaban J connectivity index is 2.24. The molecule has 0 spiro atoms. The second kappa shape index (κ2) is 10.2. The van der Waals surface area contributed by atoms with Gasteiger partial charge in [-0.2, -0.15) is 0 Å². The van der Waals surface area contributed by atoms with Crippen LogP contribution in [-0.4, -0.2) is 53.7 Å². The Morgan fingerprint density at radius 1 is 1.22 bits per heavy atom. The van der Waals surface area contributed by atoms with Gasteiger partial charge in [-0.15, -0.1) is 0 Å². The molecule has 1 aromatic rings. The third-order valence-electron chi connectivity index (χ3n) is 2.96. The van der Waals surface area contributed by atoms with E-state index in [-0.39, 0.29) is 12.4 Å². The van der Waals surface area contributed by atoms with Gasteiger partial charge in [-0.3, -0.25) is 0 Å². The molecule has 2 amide bonds. The largest absolute Gasteiger partial charge is 0.382 e. The van der Waals surface area contributed by atoms with Crippen LogP contribution in [0.2, 0.25) is 0 Å². The second-order valence-electron chi connectivity index (χ2n) is 5.02. The highest BCUT2D eigenvalue weighted by Crippen LogP contribution is 2.03. The van der Waals surface area contributed by atoms with Gasteiger partial charge in [0.25, 0.3) is 0 Å². The summed E-state index contributed by atoms with van der Waals surface area (Å²) in [5.41, 5.74) is 2.22. The van der Waals surface area contributed by atoms with Crippen molar-refractivity contribution in [2.24, 2.45) is 0 Å². The summed E-state index contributed by atoms with van der Waals surface area (Å²) in [5, 5.41) is 2.53. The molecule has 23 heavy (non-hydrogen) atoms. The number of rotatable bonds is 10. The summed E-state index contributed by atoms with van der Waals surface area (Å²) in [6.07, 6.45) is 0.634. The van der Waals surface area contributed by atoms with E-state index in [0.29, 0.717) is 26.2 Å². The van der Waals surface area contributed by atoms with Crippen molar-refractivity contribution in [3.63, 3.8) is 0 Å². The van der Waals surface area contributed by atoms with Crippen molar-refractivity contribution in [2.75, 3.05) is 39.2 Å². The van der Waals surface area contributed by atoms with Gasteiger partial charge in [0.2, 0.25) is 10.0 Å². The zero-order valence-electron chi connectivity index (χ0n) is 13.5.